The average Bonchev–Trinajstić information content (AvgIpc) is 2.63. The normalized spacial score (nSPS) is 16.8. The van der Waals surface area contributed by atoms with Gasteiger partial charge < -0.3 is 14.3 Å². The number of ether oxygens (including phenoxy) is 2. The standard InChI is InChI=1S/C21H31NO5/c1-6-26-21(24)20(17-7-9-22(25-5)10-8-17)27-19(23)13-18-15(3)11-14(2)12-16(18)4/h11-12,17,20H,6-10,13H2,1-5H3. The third kappa shape index (κ3) is 5.78. The summed E-state index contributed by atoms with van der Waals surface area (Å²) in [4.78, 5) is 30.3. The molecule has 1 aromatic carbocycles. The maximum atomic E-state index is 12.6. The van der Waals surface area contributed by atoms with Gasteiger partial charge in [0.15, 0.2) is 0 Å². The zero-order chi connectivity index (χ0) is 20.0. The van der Waals surface area contributed by atoms with Gasteiger partial charge in [-0.1, -0.05) is 17.7 Å². The molecule has 0 radical (unpaired) electrons. The van der Waals surface area contributed by atoms with Crippen molar-refractivity contribution in [2.24, 2.45) is 5.92 Å². The lowest BCUT2D eigenvalue weighted by Crippen LogP contribution is -2.43. The second-order valence-corrected chi connectivity index (χ2v) is 7.17. The molecule has 1 aliphatic rings. The van der Waals surface area contributed by atoms with Crippen LogP contribution in [0.5, 0.6) is 0 Å². The molecule has 1 aliphatic heterocycles. The smallest absolute Gasteiger partial charge is 0.347 e. The minimum atomic E-state index is -0.859. The van der Waals surface area contributed by atoms with Crippen LogP contribution in [0, 0.1) is 26.7 Å². The van der Waals surface area contributed by atoms with Crippen LogP contribution in [0.1, 0.15) is 42.0 Å². The number of benzene rings is 1. The third-order valence-electron chi connectivity index (χ3n) is 5.12. The molecule has 6 heteroatoms. The first-order chi connectivity index (χ1) is 12.8. The molecule has 2 rings (SSSR count). The molecule has 0 saturated carbocycles. The van der Waals surface area contributed by atoms with Crippen LogP contribution in [0.2, 0.25) is 0 Å². The second kappa shape index (κ2) is 9.85. The molecule has 1 aromatic rings. The summed E-state index contributed by atoms with van der Waals surface area (Å²) < 4.78 is 10.8. The summed E-state index contributed by atoms with van der Waals surface area (Å²) in [6.45, 7) is 9.43. The van der Waals surface area contributed by atoms with E-state index in [1.54, 1.807) is 14.0 Å². The SMILES string of the molecule is CCOC(=O)C(OC(=O)Cc1c(C)cc(C)cc1C)C1CCN(OC)CC1. The van der Waals surface area contributed by atoms with Crippen molar-refractivity contribution in [1.29, 1.82) is 0 Å². The maximum Gasteiger partial charge on any atom is 0.347 e. The van der Waals surface area contributed by atoms with Gasteiger partial charge in [0.05, 0.1) is 20.1 Å². The lowest BCUT2D eigenvalue weighted by molar-refractivity contribution is -0.180. The highest BCUT2D eigenvalue weighted by atomic mass is 16.7. The monoisotopic (exact) mass is 377 g/mol. The van der Waals surface area contributed by atoms with Gasteiger partial charge in [-0.25, -0.2) is 4.79 Å². The van der Waals surface area contributed by atoms with Crippen LogP contribution >= 0.6 is 0 Å². The Kier molecular flexibility index (Phi) is 7.80. The van der Waals surface area contributed by atoms with Crippen molar-refractivity contribution in [2.75, 3.05) is 26.8 Å². The van der Waals surface area contributed by atoms with Crippen LogP contribution in [0.4, 0.5) is 0 Å². The van der Waals surface area contributed by atoms with E-state index < -0.39 is 18.0 Å². The van der Waals surface area contributed by atoms with Crippen molar-refractivity contribution in [3.8, 4) is 0 Å². The van der Waals surface area contributed by atoms with E-state index in [1.807, 2.05) is 25.8 Å². The molecule has 0 bridgehead atoms. The van der Waals surface area contributed by atoms with E-state index in [1.165, 1.54) is 0 Å². The summed E-state index contributed by atoms with van der Waals surface area (Å²) in [5.41, 5.74) is 4.25. The molecule has 0 aromatic heterocycles. The second-order valence-electron chi connectivity index (χ2n) is 7.17. The van der Waals surface area contributed by atoms with Crippen LogP contribution in [-0.4, -0.2) is 49.9 Å². The molecule has 27 heavy (non-hydrogen) atoms. The van der Waals surface area contributed by atoms with E-state index in [4.69, 9.17) is 14.3 Å². The fourth-order valence-corrected chi connectivity index (χ4v) is 3.74. The molecule has 1 fully saturated rings. The van der Waals surface area contributed by atoms with Crippen LogP contribution < -0.4 is 0 Å². The van der Waals surface area contributed by atoms with Crippen LogP contribution in [0.25, 0.3) is 0 Å². The van der Waals surface area contributed by atoms with Crippen molar-refractivity contribution in [1.82, 2.24) is 5.06 Å². The summed E-state index contributed by atoms with van der Waals surface area (Å²) in [6.07, 6.45) is 0.730. The van der Waals surface area contributed by atoms with Crippen LogP contribution in [-0.2, 0) is 30.3 Å². The topological polar surface area (TPSA) is 65.1 Å². The zero-order valence-electron chi connectivity index (χ0n) is 17.0. The van der Waals surface area contributed by atoms with Crippen molar-refractivity contribution >= 4 is 11.9 Å². The van der Waals surface area contributed by atoms with Gasteiger partial charge in [-0.15, -0.1) is 0 Å². The molecule has 0 amide bonds. The molecular formula is C21H31NO5. The summed E-state index contributed by atoms with van der Waals surface area (Å²) in [7, 11) is 1.63. The number of nitrogens with zero attached hydrogens (tertiary/aromatic N) is 1. The highest BCUT2D eigenvalue weighted by molar-refractivity contribution is 5.81. The molecule has 1 saturated heterocycles. The highest BCUT2D eigenvalue weighted by Crippen LogP contribution is 2.25. The first-order valence-corrected chi connectivity index (χ1v) is 9.57. The molecular weight excluding hydrogens is 346 g/mol. The number of carbonyl (C=O) groups excluding carboxylic acids is 2. The van der Waals surface area contributed by atoms with E-state index in [9.17, 15) is 9.59 Å². The molecule has 0 aliphatic carbocycles. The van der Waals surface area contributed by atoms with E-state index in [0.29, 0.717) is 25.9 Å². The summed E-state index contributed by atoms with van der Waals surface area (Å²) >= 11 is 0. The van der Waals surface area contributed by atoms with Crippen LogP contribution in [0.15, 0.2) is 12.1 Å². The highest BCUT2D eigenvalue weighted by Gasteiger charge is 2.35. The minimum Gasteiger partial charge on any atom is -0.463 e. The first-order valence-electron chi connectivity index (χ1n) is 9.57. The zero-order valence-corrected chi connectivity index (χ0v) is 17.0. The van der Waals surface area contributed by atoms with Crippen molar-refractivity contribution in [2.45, 2.75) is 53.1 Å². The Balaban J connectivity index is 2.08. The Hall–Kier alpha value is -1.92. The summed E-state index contributed by atoms with van der Waals surface area (Å²) in [6, 6.07) is 4.11. The van der Waals surface area contributed by atoms with Crippen molar-refractivity contribution in [3.05, 3.63) is 34.4 Å². The Morgan fingerprint density at radius 3 is 2.26 bits per heavy atom. The van der Waals surface area contributed by atoms with E-state index in [2.05, 4.69) is 12.1 Å². The summed E-state index contributed by atoms with van der Waals surface area (Å²) in [5.74, 6) is -0.907. The fourth-order valence-electron chi connectivity index (χ4n) is 3.74. The number of piperidine rings is 1. The fraction of sp³-hybridized carbons (Fsp3) is 0.619. The Bertz CT molecular complexity index is 642. The number of aryl methyl sites for hydroxylation is 3. The Morgan fingerprint density at radius 2 is 1.74 bits per heavy atom. The Morgan fingerprint density at radius 1 is 1.15 bits per heavy atom. The van der Waals surface area contributed by atoms with Gasteiger partial charge in [0, 0.05) is 19.0 Å². The number of carbonyl (C=O) groups is 2. The van der Waals surface area contributed by atoms with Crippen molar-refractivity contribution < 1.29 is 23.9 Å². The van der Waals surface area contributed by atoms with Crippen molar-refractivity contribution in [3.63, 3.8) is 0 Å². The summed E-state index contributed by atoms with van der Waals surface area (Å²) in [5, 5.41) is 1.85. The first kappa shape index (κ1) is 21.4. The number of rotatable bonds is 7. The number of hydrogen-bond donors (Lipinski definition) is 0. The number of esters is 2. The van der Waals surface area contributed by atoms with Gasteiger partial charge >= 0.3 is 11.9 Å². The van der Waals surface area contributed by atoms with E-state index in [0.717, 1.165) is 22.3 Å². The molecule has 0 spiro atoms. The van der Waals surface area contributed by atoms with Gasteiger partial charge in [-0.3, -0.25) is 4.79 Å². The number of hydrogen-bond acceptors (Lipinski definition) is 6. The van der Waals surface area contributed by atoms with Gasteiger partial charge in [-0.05, 0) is 57.2 Å². The van der Waals surface area contributed by atoms with Gasteiger partial charge in [-0.2, -0.15) is 5.06 Å². The predicted octanol–water partition coefficient (Wildman–Crippen LogP) is 2.90. The molecule has 150 valence electrons. The van der Waals surface area contributed by atoms with Gasteiger partial charge in [0.25, 0.3) is 0 Å². The van der Waals surface area contributed by atoms with E-state index in [-0.39, 0.29) is 18.9 Å². The lowest BCUT2D eigenvalue weighted by Gasteiger charge is -2.33. The largest absolute Gasteiger partial charge is 0.463 e. The molecule has 0 N–H and O–H groups in total. The number of hydroxylamine groups is 2. The van der Waals surface area contributed by atoms with Crippen LogP contribution in [0.3, 0.4) is 0 Å². The molecule has 6 nitrogen and oxygen atoms in total. The Labute approximate surface area is 161 Å². The third-order valence-corrected chi connectivity index (χ3v) is 5.12. The van der Waals surface area contributed by atoms with Gasteiger partial charge in [0.1, 0.15) is 0 Å². The molecule has 1 heterocycles. The maximum absolute atomic E-state index is 12.6. The van der Waals surface area contributed by atoms with Gasteiger partial charge in [0.2, 0.25) is 6.10 Å². The lowest BCUT2D eigenvalue weighted by atomic mass is 9.91. The minimum absolute atomic E-state index is 0.0559. The molecule has 1 unspecified atom stereocenters. The quantitative estimate of drug-likeness (QED) is 0.681. The van der Waals surface area contributed by atoms with E-state index >= 15 is 0 Å². The predicted molar refractivity (Wildman–Crippen MR) is 102 cm³/mol. The molecule has 1 atom stereocenters. The average molecular weight is 377 g/mol.